The van der Waals surface area contributed by atoms with Crippen LogP contribution in [0.25, 0.3) is 0 Å². The predicted octanol–water partition coefficient (Wildman–Crippen LogP) is 4.40. The molecule has 0 fully saturated rings. The maximum Gasteiger partial charge on any atom is 0.407 e. The van der Waals surface area contributed by atoms with Crippen molar-refractivity contribution in [3.05, 3.63) is 27.7 Å². The largest absolute Gasteiger partial charge is 0.492 e. The molecule has 0 unspecified atom stereocenters. The van der Waals surface area contributed by atoms with Gasteiger partial charge in [0, 0.05) is 11.0 Å². The van der Waals surface area contributed by atoms with Crippen molar-refractivity contribution >= 4 is 33.6 Å². The highest BCUT2D eigenvalue weighted by Crippen LogP contribution is 2.31. The second-order valence-corrected chi connectivity index (χ2v) is 6.41. The average molecular weight is 365 g/mol. The van der Waals surface area contributed by atoms with E-state index in [9.17, 15) is 4.79 Å². The van der Waals surface area contributed by atoms with E-state index >= 15 is 0 Å². The van der Waals surface area contributed by atoms with Gasteiger partial charge >= 0.3 is 6.09 Å². The van der Waals surface area contributed by atoms with Crippen LogP contribution in [0.3, 0.4) is 0 Å². The lowest BCUT2D eigenvalue weighted by Crippen LogP contribution is -2.33. The minimum Gasteiger partial charge on any atom is -0.492 e. The zero-order valence-corrected chi connectivity index (χ0v) is 14.2. The van der Waals surface area contributed by atoms with Gasteiger partial charge in [-0.05, 0) is 55.3 Å². The summed E-state index contributed by atoms with van der Waals surface area (Å²) in [6, 6.07) is 5.50. The zero-order valence-electron chi connectivity index (χ0n) is 11.8. The Labute approximate surface area is 132 Å². The topological polar surface area (TPSA) is 47.6 Å². The number of ether oxygens (including phenoxy) is 2. The second-order valence-electron chi connectivity index (χ2n) is 5.18. The third-order valence-corrected chi connectivity index (χ3v) is 3.44. The molecular weight excluding hydrogens is 346 g/mol. The van der Waals surface area contributed by atoms with Crippen molar-refractivity contribution in [2.45, 2.75) is 32.8 Å². The van der Waals surface area contributed by atoms with Crippen molar-refractivity contribution in [1.29, 1.82) is 0 Å². The number of benzene rings is 1. The number of carbonyl (C=O) groups excluding carboxylic acids is 1. The van der Waals surface area contributed by atoms with Crippen molar-refractivity contribution in [3.63, 3.8) is 0 Å². The van der Waals surface area contributed by atoms with Crippen molar-refractivity contribution < 1.29 is 14.3 Å². The number of carbonyl (C=O) groups is 1. The molecule has 0 aliphatic rings. The molecule has 1 N–H and O–H groups in total. The summed E-state index contributed by atoms with van der Waals surface area (Å²) in [5.74, 6) is 0.623. The maximum atomic E-state index is 11.4. The highest BCUT2D eigenvalue weighted by atomic mass is 79.9. The molecule has 1 aromatic rings. The Morgan fingerprint density at radius 2 is 2.10 bits per heavy atom. The summed E-state index contributed by atoms with van der Waals surface area (Å²) in [5.41, 5.74) is -0.482. The molecule has 0 bridgehead atoms. The summed E-state index contributed by atoms with van der Waals surface area (Å²) in [7, 11) is 0. The monoisotopic (exact) mass is 363 g/mol. The Hall–Kier alpha value is -0.940. The molecule has 1 amide bonds. The van der Waals surface area contributed by atoms with Crippen LogP contribution in [0.4, 0.5) is 4.79 Å². The number of hydrogen-bond donors (Lipinski definition) is 1. The third-order valence-electron chi connectivity index (χ3n) is 2.16. The van der Waals surface area contributed by atoms with E-state index < -0.39 is 11.7 Å². The number of nitrogens with one attached hydrogen (secondary N) is 1. The van der Waals surface area contributed by atoms with Gasteiger partial charge in [-0.2, -0.15) is 0 Å². The van der Waals surface area contributed by atoms with E-state index in [0.29, 0.717) is 30.3 Å². The molecular formula is C14H19BrClNO3. The highest BCUT2D eigenvalue weighted by molar-refractivity contribution is 9.10. The van der Waals surface area contributed by atoms with E-state index in [1.807, 2.05) is 32.9 Å². The Kier molecular flexibility index (Phi) is 6.62. The fraction of sp³-hybridized carbons (Fsp3) is 0.500. The molecule has 0 aromatic heterocycles. The van der Waals surface area contributed by atoms with Gasteiger partial charge in [-0.1, -0.05) is 17.7 Å². The summed E-state index contributed by atoms with van der Waals surface area (Å²) >= 11 is 9.40. The number of halogens is 2. The molecule has 0 aliphatic carbocycles. The smallest absolute Gasteiger partial charge is 0.407 e. The van der Waals surface area contributed by atoms with E-state index in [-0.39, 0.29) is 0 Å². The first kappa shape index (κ1) is 17.1. The fourth-order valence-corrected chi connectivity index (χ4v) is 1.88. The molecule has 1 rings (SSSR count). The lowest BCUT2D eigenvalue weighted by atomic mass is 10.2. The van der Waals surface area contributed by atoms with E-state index in [1.165, 1.54) is 0 Å². The molecule has 20 heavy (non-hydrogen) atoms. The number of amides is 1. The normalized spacial score (nSPS) is 11.1. The summed E-state index contributed by atoms with van der Waals surface area (Å²) in [4.78, 5) is 11.4. The average Bonchev–Trinajstić information content (AvgIpc) is 2.31. The van der Waals surface area contributed by atoms with Crippen molar-refractivity contribution in [2.24, 2.45) is 0 Å². The molecule has 1 aromatic carbocycles. The first-order valence-electron chi connectivity index (χ1n) is 6.33. The van der Waals surface area contributed by atoms with E-state index in [0.717, 1.165) is 4.47 Å². The summed E-state index contributed by atoms with van der Waals surface area (Å²) in [5, 5.41) is 3.22. The Bertz CT molecular complexity index is 460. The van der Waals surface area contributed by atoms with Crippen LogP contribution in [0.5, 0.6) is 5.75 Å². The number of hydrogen-bond acceptors (Lipinski definition) is 3. The van der Waals surface area contributed by atoms with Gasteiger partial charge in [0.1, 0.15) is 11.4 Å². The SMILES string of the molecule is CC(C)(C)OC(=O)NCCCOc1cccc(Br)c1Cl. The van der Waals surface area contributed by atoms with Gasteiger partial charge in [-0.3, -0.25) is 0 Å². The molecule has 6 heteroatoms. The van der Waals surface area contributed by atoms with Crippen LogP contribution in [-0.4, -0.2) is 24.8 Å². The van der Waals surface area contributed by atoms with Gasteiger partial charge in [0.15, 0.2) is 0 Å². The molecule has 0 radical (unpaired) electrons. The van der Waals surface area contributed by atoms with Gasteiger partial charge in [0.05, 0.1) is 11.6 Å². The Balaban J connectivity index is 2.23. The molecule has 0 saturated heterocycles. The van der Waals surface area contributed by atoms with Crippen molar-refractivity contribution in [1.82, 2.24) is 5.32 Å². The van der Waals surface area contributed by atoms with Crippen LogP contribution in [-0.2, 0) is 4.74 Å². The van der Waals surface area contributed by atoms with E-state index in [2.05, 4.69) is 21.2 Å². The first-order valence-corrected chi connectivity index (χ1v) is 7.50. The van der Waals surface area contributed by atoms with Crippen LogP contribution in [0.15, 0.2) is 22.7 Å². The number of alkyl carbamates (subject to hydrolysis) is 1. The van der Waals surface area contributed by atoms with Crippen LogP contribution >= 0.6 is 27.5 Å². The first-order chi connectivity index (χ1) is 9.29. The molecule has 0 aliphatic heterocycles. The van der Waals surface area contributed by atoms with Crippen molar-refractivity contribution in [2.75, 3.05) is 13.2 Å². The van der Waals surface area contributed by atoms with Crippen LogP contribution in [0.1, 0.15) is 27.2 Å². The third kappa shape index (κ3) is 6.48. The standard InChI is InChI=1S/C14H19BrClNO3/c1-14(2,3)20-13(18)17-8-5-9-19-11-7-4-6-10(15)12(11)16/h4,6-7H,5,8-9H2,1-3H3,(H,17,18). The van der Waals surface area contributed by atoms with Gasteiger partial charge in [0.2, 0.25) is 0 Å². The molecule has 112 valence electrons. The highest BCUT2D eigenvalue weighted by Gasteiger charge is 2.15. The van der Waals surface area contributed by atoms with Gasteiger partial charge in [0.25, 0.3) is 0 Å². The second kappa shape index (κ2) is 7.74. The molecule has 0 saturated carbocycles. The molecule has 0 heterocycles. The minimum absolute atomic E-state index is 0.419. The quantitative estimate of drug-likeness (QED) is 0.788. The fourth-order valence-electron chi connectivity index (χ4n) is 1.35. The summed E-state index contributed by atoms with van der Waals surface area (Å²) in [6.45, 7) is 6.42. The van der Waals surface area contributed by atoms with Crippen LogP contribution < -0.4 is 10.1 Å². The Morgan fingerprint density at radius 1 is 1.40 bits per heavy atom. The zero-order chi connectivity index (χ0) is 15.2. The minimum atomic E-state index is -0.482. The summed E-state index contributed by atoms with van der Waals surface area (Å²) in [6.07, 6.45) is 0.250. The van der Waals surface area contributed by atoms with Crippen LogP contribution in [0.2, 0.25) is 5.02 Å². The summed E-state index contributed by atoms with van der Waals surface area (Å²) < 4.78 is 11.5. The lowest BCUT2D eigenvalue weighted by Gasteiger charge is -2.19. The molecule has 0 spiro atoms. The van der Waals surface area contributed by atoms with Gasteiger partial charge in [-0.25, -0.2) is 4.79 Å². The van der Waals surface area contributed by atoms with Crippen molar-refractivity contribution in [3.8, 4) is 5.75 Å². The lowest BCUT2D eigenvalue weighted by molar-refractivity contribution is 0.0525. The number of rotatable bonds is 5. The van der Waals surface area contributed by atoms with Gasteiger partial charge < -0.3 is 14.8 Å². The molecule has 4 nitrogen and oxygen atoms in total. The van der Waals surface area contributed by atoms with Gasteiger partial charge in [-0.15, -0.1) is 0 Å². The predicted molar refractivity (Wildman–Crippen MR) is 83.5 cm³/mol. The molecule has 0 atom stereocenters. The van der Waals surface area contributed by atoms with E-state index in [4.69, 9.17) is 21.1 Å². The van der Waals surface area contributed by atoms with E-state index in [1.54, 1.807) is 6.07 Å². The van der Waals surface area contributed by atoms with Crippen LogP contribution in [0, 0.1) is 0 Å². The Morgan fingerprint density at radius 3 is 2.75 bits per heavy atom. The maximum absolute atomic E-state index is 11.4.